The van der Waals surface area contributed by atoms with E-state index in [2.05, 4.69) is 15.6 Å². The molecule has 0 saturated carbocycles. The molecule has 104 valence electrons. The number of aryl methyl sites for hydroxylation is 1. The molecule has 0 aromatic carbocycles. The second kappa shape index (κ2) is 5.70. The molecule has 2 rings (SSSR count). The predicted molar refractivity (Wildman–Crippen MR) is 77.0 cm³/mol. The van der Waals surface area contributed by atoms with Crippen molar-refractivity contribution < 1.29 is 4.79 Å². The van der Waals surface area contributed by atoms with Gasteiger partial charge in [-0.15, -0.1) is 0 Å². The summed E-state index contributed by atoms with van der Waals surface area (Å²) in [6.07, 6.45) is 3.97. The Balaban J connectivity index is 2.03. The summed E-state index contributed by atoms with van der Waals surface area (Å²) in [5.41, 5.74) is 1.36. The van der Waals surface area contributed by atoms with E-state index in [0.717, 1.165) is 37.3 Å². The zero-order valence-corrected chi connectivity index (χ0v) is 12.0. The number of piperidine rings is 1. The lowest BCUT2D eigenvalue weighted by Gasteiger charge is -2.36. The van der Waals surface area contributed by atoms with Crippen LogP contribution in [0.15, 0.2) is 18.3 Å². The summed E-state index contributed by atoms with van der Waals surface area (Å²) in [7, 11) is 0. The number of carbonyl (C=O) groups excluding carboxylic acids is 1. The molecular formula is C15H23N3O. The molecule has 1 amide bonds. The Morgan fingerprint density at radius 3 is 2.84 bits per heavy atom. The summed E-state index contributed by atoms with van der Waals surface area (Å²) in [5, 5.41) is 6.35. The maximum absolute atomic E-state index is 12.5. The van der Waals surface area contributed by atoms with E-state index in [-0.39, 0.29) is 11.3 Å². The molecule has 2 N–H and O–H groups in total. The van der Waals surface area contributed by atoms with Crippen LogP contribution < -0.4 is 10.6 Å². The zero-order chi connectivity index (χ0) is 13.9. The highest BCUT2D eigenvalue weighted by Gasteiger charge is 2.37. The molecule has 4 heteroatoms. The van der Waals surface area contributed by atoms with E-state index < -0.39 is 0 Å². The van der Waals surface area contributed by atoms with Crippen LogP contribution in [0, 0.1) is 18.3 Å². The zero-order valence-electron chi connectivity index (χ0n) is 12.0. The van der Waals surface area contributed by atoms with Gasteiger partial charge in [0.15, 0.2) is 0 Å². The van der Waals surface area contributed by atoms with Crippen molar-refractivity contribution in [1.29, 1.82) is 0 Å². The first-order valence-corrected chi connectivity index (χ1v) is 6.95. The number of pyridine rings is 1. The molecule has 4 nitrogen and oxygen atoms in total. The number of aromatic nitrogens is 1. The molecule has 19 heavy (non-hydrogen) atoms. The third-order valence-electron chi connectivity index (χ3n) is 4.07. The van der Waals surface area contributed by atoms with E-state index >= 15 is 0 Å². The van der Waals surface area contributed by atoms with E-state index in [9.17, 15) is 4.79 Å². The molecule has 1 aliphatic rings. The van der Waals surface area contributed by atoms with Crippen molar-refractivity contribution in [2.45, 2.75) is 33.6 Å². The number of nitrogens with zero attached hydrogens (tertiary/aromatic N) is 1. The maximum Gasteiger partial charge on any atom is 0.230 e. The minimum absolute atomic E-state index is 0.0758. The molecule has 0 radical (unpaired) electrons. The molecule has 2 heterocycles. The predicted octanol–water partition coefficient (Wildman–Crippen LogP) is 2.35. The monoisotopic (exact) mass is 261 g/mol. The summed E-state index contributed by atoms with van der Waals surface area (Å²) >= 11 is 0. The number of nitrogens with one attached hydrogen (secondary N) is 2. The first kappa shape index (κ1) is 14.0. The van der Waals surface area contributed by atoms with Gasteiger partial charge < -0.3 is 10.6 Å². The lowest BCUT2D eigenvalue weighted by molar-refractivity contribution is -0.127. The van der Waals surface area contributed by atoms with Crippen molar-refractivity contribution in [3.05, 3.63) is 24.0 Å². The van der Waals surface area contributed by atoms with Crippen LogP contribution in [0.4, 0.5) is 5.69 Å². The van der Waals surface area contributed by atoms with Gasteiger partial charge in [0, 0.05) is 11.1 Å². The number of hydrogen-bond donors (Lipinski definition) is 2. The minimum Gasteiger partial charge on any atom is -0.324 e. The fraction of sp³-hybridized carbons (Fsp3) is 0.600. The largest absolute Gasteiger partial charge is 0.324 e. The molecule has 1 unspecified atom stereocenters. The van der Waals surface area contributed by atoms with Crippen LogP contribution in [0.5, 0.6) is 0 Å². The summed E-state index contributed by atoms with van der Waals surface area (Å²) in [6.45, 7) is 7.98. The Bertz CT molecular complexity index is 433. The SMILES string of the molecule is Cc1ccc(NC(=O)C(C)(C)C2CCCNC2)cn1. The lowest BCUT2D eigenvalue weighted by atomic mass is 9.74. The highest BCUT2D eigenvalue weighted by molar-refractivity contribution is 5.94. The molecule has 1 atom stereocenters. The maximum atomic E-state index is 12.5. The molecule has 1 saturated heterocycles. The van der Waals surface area contributed by atoms with E-state index in [1.54, 1.807) is 6.20 Å². The average molecular weight is 261 g/mol. The van der Waals surface area contributed by atoms with Gasteiger partial charge in [-0.05, 0) is 50.9 Å². The van der Waals surface area contributed by atoms with Crippen molar-refractivity contribution in [2.24, 2.45) is 11.3 Å². The van der Waals surface area contributed by atoms with Gasteiger partial charge in [-0.1, -0.05) is 13.8 Å². The van der Waals surface area contributed by atoms with Crippen LogP contribution in [-0.2, 0) is 4.79 Å². The van der Waals surface area contributed by atoms with Crippen LogP contribution in [0.3, 0.4) is 0 Å². The van der Waals surface area contributed by atoms with Crippen LogP contribution >= 0.6 is 0 Å². The molecular weight excluding hydrogens is 238 g/mol. The van der Waals surface area contributed by atoms with E-state index in [1.165, 1.54) is 0 Å². The Morgan fingerprint density at radius 1 is 1.47 bits per heavy atom. The van der Waals surface area contributed by atoms with E-state index in [1.807, 2.05) is 32.9 Å². The Morgan fingerprint density at radius 2 is 2.26 bits per heavy atom. The highest BCUT2D eigenvalue weighted by Crippen LogP contribution is 2.32. The van der Waals surface area contributed by atoms with Crippen LogP contribution in [0.25, 0.3) is 0 Å². The Hall–Kier alpha value is -1.42. The van der Waals surface area contributed by atoms with Gasteiger partial charge in [0.2, 0.25) is 5.91 Å². The molecule has 0 bridgehead atoms. The molecule has 1 aromatic rings. The number of hydrogen-bond acceptors (Lipinski definition) is 3. The topological polar surface area (TPSA) is 54.0 Å². The fourth-order valence-corrected chi connectivity index (χ4v) is 2.49. The molecule has 1 aliphatic heterocycles. The highest BCUT2D eigenvalue weighted by atomic mass is 16.2. The van der Waals surface area contributed by atoms with Crippen molar-refractivity contribution in [3.8, 4) is 0 Å². The molecule has 1 aromatic heterocycles. The third kappa shape index (κ3) is 3.32. The van der Waals surface area contributed by atoms with Gasteiger partial charge in [-0.3, -0.25) is 9.78 Å². The first-order valence-electron chi connectivity index (χ1n) is 6.95. The summed E-state index contributed by atoms with van der Waals surface area (Å²) in [6, 6.07) is 3.81. The third-order valence-corrected chi connectivity index (χ3v) is 4.07. The average Bonchev–Trinajstić information content (AvgIpc) is 2.42. The van der Waals surface area contributed by atoms with Gasteiger partial charge in [0.25, 0.3) is 0 Å². The number of rotatable bonds is 3. The minimum atomic E-state index is -0.363. The van der Waals surface area contributed by atoms with Gasteiger partial charge in [0.05, 0.1) is 11.9 Å². The first-order chi connectivity index (χ1) is 9.00. The standard InChI is InChI=1S/C15H23N3O/c1-11-6-7-13(10-17-11)18-14(19)15(2,3)12-5-4-8-16-9-12/h6-7,10,12,16H,4-5,8-9H2,1-3H3,(H,18,19). The second-order valence-electron chi connectivity index (χ2n) is 5.91. The van der Waals surface area contributed by atoms with Crippen LogP contribution in [0.2, 0.25) is 0 Å². The van der Waals surface area contributed by atoms with Gasteiger partial charge in [-0.25, -0.2) is 0 Å². The number of carbonyl (C=O) groups is 1. The number of amides is 1. The van der Waals surface area contributed by atoms with Crippen molar-refractivity contribution in [3.63, 3.8) is 0 Å². The van der Waals surface area contributed by atoms with Crippen molar-refractivity contribution >= 4 is 11.6 Å². The van der Waals surface area contributed by atoms with Gasteiger partial charge >= 0.3 is 0 Å². The lowest BCUT2D eigenvalue weighted by Crippen LogP contribution is -2.44. The molecule has 0 aliphatic carbocycles. The fourth-order valence-electron chi connectivity index (χ4n) is 2.49. The van der Waals surface area contributed by atoms with Gasteiger partial charge in [-0.2, -0.15) is 0 Å². The number of anilines is 1. The summed E-state index contributed by atoms with van der Waals surface area (Å²) in [5.74, 6) is 0.464. The Kier molecular flexibility index (Phi) is 4.20. The molecule has 1 fully saturated rings. The van der Waals surface area contributed by atoms with Crippen molar-refractivity contribution in [2.75, 3.05) is 18.4 Å². The molecule has 0 spiro atoms. The smallest absolute Gasteiger partial charge is 0.230 e. The van der Waals surface area contributed by atoms with Crippen molar-refractivity contribution in [1.82, 2.24) is 10.3 Å². The van der Waals surface area contributed by atoms with Gasteiger partial charge in [0.1, 0.15) is 0 Å². The normalized spacial score (nSPS) is 20.1. The second-order valence-corrected chi connectivity index (χ2v) is 5.91. The quantitative estimate of drug-likeness (QED) is 0.878. The van der Waals surface area contributed by atoms with Crippen LogP contribution in [0.1, 0.15) is 32.4 Å². The van der Waals surface area contributed by atoms with E-state index in [0.29, 0.717) is 5.92 Å². The summed E-state index contributed by atoms with van der Waals surface area (Å²) < 4.78 is 0. The van der Waals surface area contributed by atoms with E-state index in [4.69, 9.17) is 0 Å². The van der Waals surface area contributed by atoms with Crippen LogP contribution in [-0.4, -0.2) is 24.0 Å². The Labute approximate surface area is 115 Å². The summed E-state index contributed by atoms with van der Waals surface area (Å²) in [4.78, 5) is 16.7.